The summed E-state index contributed by atoms with van der Waals surface area (Å²) in [6.07, 6.45) is 4.73. The van der Waals surface area contributed by atoms with Crippen LogP contribution in [-0.4, -0.2) is 44.8 Å². The van der Waals surface area contributed by atoms with Crippen molar-refractivity contribution in [3.8, 4) is 0 Å². The standard InChI is InChI=1S/C16H19N3O4/c1-11-2-3-14(23-11)8-15(20)18-6-4-13(5-7-18)19-10-12(9-17-19)16(21)22/h2-3,9-10,13H,4-8H2,1H3,(H,21,22). The van der Waals surface area contributed by atoms with Gasteiger partial charge in [0.15, 0.2) is 0 Å². The van der Waals surface area contributed by atoms with Gasteiger partial charge in [-0.1, -0.05) is 0 Å². The molecular weight excluding hydrogens is 298 g/mol. The molecule has 122 valence electrons. The van der Waals surface area contributed by atoms with Gasteiger partial charge in [-0.25, -0.2) is 4.79 Å². The van der Waals surface area contributed by atoms with Crippen LogP contribution < -0.4 is 0 Å². The molecule has 0 bridgehead atoms. The number of hydrogen-bond acceptors (Lipinski definition) is 4. The number of hydrogen-bond donors (Lipinski definition) is 1. The number of aryl methyl sites for hydroxylation is 1. The van der Waals surface area contributed by atoms with Gasteiger partial charge in [0.05, 0.1) is 24.2 Å². The summed E-state index contributed by atoms with van der Waals surface area (Å²) in [4.78, 5) is 25.0. The Labute approximate surface area is 133 Å². The Morgan fingerprint density at radius 2 is 2.09 bits per heavy atom. The number of piperidine rings is 1. The third-order valence-corrected chi connectivity index (χ3v) is 4.16. The molecule has 0 aromatic carbocycles. The third-order valence-electron chi connectivity index (χ3n) is 4.16. The molecule has 2 aromatic rings. The predicted molar refractivity (Wildman–Crippen MR) is 81.2 cm³/mol. The first-order valence-electron chi connectivity index (χ1n) is 7.63. The Morgan fingerprint density at radius 1 is 1.35 bits per heavy atom. The molecule has 0 atom stereocenters. The second kappa shape index (κ2) is 6.28. The number of aromatic nitrogens is 2. The summed E-state index contributed by atoms with van der Waals surface area (Å²) in [6, 6.07) is 3.82. The number of carboxylic acid groups (broad SMARTS) is 1. The van der Waals surface area contributed by atoms with Crippen LogP contribution in [0.15, 0.2) is 28.9 Å². The van der Waals surface area contributed by atoms with Gasteiger partial charge in [-0.3, -0.25) is 9.48 Å². The molecule has 0 radical (unpaired) electrons. The third kappa shape index (κ3) is 3.44. The lowest BCUT2D eigenvalue weighted by molar-refractivity contribution is -0.132. The fourth-order valence-electron chi connectivity index (χ4n) is 2.87. The van der Waals surface area contributed by atoms with Crippen molar-refractivity contribution < 1.29 is 19.1 Å². The van der Waals surface area contributed by atoms with E-state index in [4.69, 9.17) is 9.52 Å². The number of likely N-dealkylation sites (tertiary alicyclic amines) is 1. The lowest BCUT2D eigenvalue weighted by Gasteiger charge is -2.32. The maximum absolute atomic E-state index is 12.3. The predicted octanol–water partition coefficient (Wildman–Crippen LogP) is 1.89. The fraction of sp³-hybridized carbons (Fsp3) is 0.438. The quantitative estimate of drug-likeness (QED) is 0.930. The maximum Gasteiger partial charge on any atom is 0.338 e. The first-order valence-corrected chi connectivity index (χ1v) is 7.63. The van der Waals surface area contributed by atoms with Crippen LogP contribution in [-0.2, 0) is 11.2 Å². The van der Waals surface area contributed by atoms with Crippen LogP contribution >= 0.6 is 0 Å². The normalized spacial score (nSPS) is 15.8. The molecule has 0 spiro atoms. The largest absolute Gasteiger partial charge is 0.478 e. The molecule has 0 saturated carbocycles. The maximum atomic E-state index is 12.3. The van der Waals surface area contributed by atoms with Gasteiger partial charge < -0.3 is 14.4 Å². The average molecular weight is 317 g/mol. The van der Waals surface area contributed by atoms with E-state index >= 15 is 0 Å². The van der Waals surface area contributed by atoms with E-state index in [9.17, 15) is 9.59 Å². The zero-order valence-electron chi connectivity index (χ0n) is 12.9. The SMILES string of the molecule is Cc1ccc(CC(=O)N2CCC(n3cc(C(=O)O)cn3)CC2)o1. The Kier molecular flexibility index (Phi) is 4.18. The topological polar surface area (TPSA) is 88.6 Å². The van der Waals surface area contributed by atoms with Gasteiger partial charge in [0.1, 0.15) is 11.5 Å². The van der Waals surface area contributed by atoms with Gasteiger partial charge >= 0.3 is 5.97 Å². The smallest absolute Gasteiger partial charge is 0.338 e. The molecule has 1 saturated heterocycles. The van der Waals surface area contributed by atoms with Crippen molar-refractivity contribution in [2.24, 2.45) is 0 Å². The number of aromatic carboxylic acids is 1. The molecule has 0 unspecified atom stereocenters. The van der Waals surface area contributed by atoms with Gasteiger partial charge in [0, 0.05) is 19.3 Å². The first kappa shape index (κ1) is 15.3. The highest BCUT2D eigenvalue weighted by Gasteiger charge is 2.25. The molecule has 3 heterocycles. The van der Waals surface area contributed by atoms with Crippen LogP contribution in [0.1, 0.15) is 40.8 Å². The van der Waals surface area contributed by atoms with Gasteiger partial charge in [-0.2, -0.15) is 5.10 Å². The van der Waals surface area contributed by atoms with Crippen LogP contribution in [0.2, 0.25) is 0 Å². The van der Waals surface area contributed by atoms with Gasteiger partial charge in [0.2, 0.25) is 5.91 Å². The summed E-state index contributed by atoms with van der Waals surface area (Å²) in [7, 11) is 0. The molecule has 0 aliphatic carbocycles. The van der Waals surface area contributed by atoms with Gasteiger partial charge in [-0.05, 0) is 31.9 Å². The summed E-state index contributed by atoms with van der Waals surface area (Å²) in [6.45, 7) is 3.14. The number of amides is 1. The van der Waals surface area contributed by atoms with Crippen LogP contribution in [0.5, 0.6) is 0 Å². The van der Waals surface area contributed by atoms with E-state index in [0.717, 1.165) is 18.6 Å². The molecule has 1 fully saturated rings. The Balaban J connectivity index is 1.55. The zero-order chi connectivity index (χ0) is 16.4. The molecule has 7 heteroatoms. The molecule has 3 rings (SSSR count). The van der Waals surface area contributed by atoms with Crippen molar-refractivity contribution in [1.82, 2.24) is 14.7 Å². The molecule has 1 amide bonds. The lowest BCUT2D eigenvalue weighted by Crippen LogP contribution is -2.39. The number of furan rings is 1. The van der Waals surface area contributed by atoms with Crippen LogP contribution in [0, 0.1) is 6.92 Å². The van der Waals surface area contributed by atoms with Crippen molar-refractivity contribution in [3.05, 3.63) is 41.6 Å². The van der Waals surface area contributed by atoms with E-state index < -0.39 is 5.97 Å². The summed E-state index contributed by atoms with van der Waals surface area (Å²) < 4.78 is 7.14. The van der Waals surface area contributed by atoms with E-state index in [2.05, 4.69) is 5.10 Å². The van der Waals surface area contributed by atoms with Crippen LogP contribution in [0.4, 0.5) is 0 Å². The van der Waals surface area contributed by atoms with Crippen molar-refractivity contribution in [1.29, 1.82) is 0 Å². The van der Waals surface area contributed by atoms with Gasteiger partial charge in [0.25, 0.3) is 0 Å². The first-order chi connectivity index (χ1) is 11.0. The molecule has 2 aromatic heterocycles. The average Bonchev–Trinajstić information content (AvgIpc) is 3.17. The Morgan fingerprint density at radius 3 is 2.65 bits per heavy atom. The summed E-state index contributed by atoms with van der Waals surface area (Å²) in [5, 5.41) is 13.1. The second-order valence-corrected chi connectivity index (χ2v) is 5.82. The van der Waals surface area contributed by atoms with E-state index in [1.165, 1.54) is 6.20 Å². The second-order valence-electron chi connectivity index (χ2n) is 5.82. The molecule has 1 aliphatic rings. The number of nitrogens with zero attached hydrogens (tertiary/aromatic N) is 3. The van der Waals surface area contributed by atoms with Crippen LogP contribution in [0.3, 0.4) is 0 Å². The molecule has 1 aliphatic heterocycles. The van der Waals surface area contributed by atoms with Gasteiger partial charge in [-0.15, -0.1) is 0 Å². The summed E-state index contributed by atoms with van der Waals surface area (Å²) in [5.41, 5.74) is 0.191. The minimum absolute atomic E-state index is 0.0597. The molecular formula is C16H19N3O4. The monoisotopic (exact) mass is 317 g/mol. The van der Waals surface area contributed by atoms with Crippen molar-refractivity contribution in [2.45, 2.75) is 32.2 Å². The molecule has 1 N–H and O–H groups in total. The number of carbonyl (C=O) groups is 2. The van der Waals surface area contributed by atoms with Crippen molar-refractivity contribution in [3.63, 3.8) is 0 Å². The minimum Gasteiger partial charge on any atom is -0.478 e. The van der Waals surface area contributed by atoms with Crippen molar-refractivity contribution >= 4 is 11.9 Å². The molecule has 23 heavy (non-hydrogen) atoms. The summed E-state index contributed by atoms with van der Waals surface area (Å²) in [5.74, 6) is 0.578. The van der Waals surface area contributed by atoms with E-state index in [1.54, 1.807) is 10.9 Å². The Hall–Kier alpha value is -2.57. The van der Waals surface area contributed by atoms with E-state index in [1.807, 2.05) is 24.0 Å². The zero-order valence-corrected chi connectivity index (χ0v) is 12.9. The van der Waals surface area contributed by atoms with E-state index in [-0.39, 0.29) is 23.9 Å². The minimum atomic E-state index is -0.974. The number of carboxylic acids is 1. The van der Waals surface area contributed by atoms with Crippen molar-refractivity contribution in [2.75, 3.05) is 13.1 Å². The lowest BCUT2D eigenvalue weighted by atomic mass is 10.0. The number of rotatable bonds is 4. The fourth-order valence-corrected chi connectivity index (χ4v) is 2.87. The Bertz CT molecular complexity index is 710. The number of carbonyl (C=O) groups excluding carboxylic acids is 1. The van der Waals surface area contributed by atoms with Crippen LogP contribution in [0.25, 0.3) is 0 Å². The van der Waals surface area contributed by atoms with E-state index in [0.29, 0.717) is 18.8 Å². The summed E-state index contributed by atoms with van der Waals surface area (Å²) >= 11 is 0. The highest BCUT2D eigenvalue weighted by molar-refractivity contribution is 5.86. The highest BCUT2D eigenvalue weighted by atomic mass is 16.4. The highest BCUT2D eigenvalue weighted by Crippen LogP contribution is 2.23. The molecule has 7 nitrogen and oxygen atoms in total.